The topological polar surface area (TPSA) is 68.3 Å². The number of hydrogen-bond donors (Lipinski definition) is 0. The molecule has 1 aromatic carbocycles. The lowest BCUT2D eigenvalue weighted by Crippen LogP contribution is -2.39. The van der Waals surface area contributed by atoms with Crippen molar-refractivity contribution in [3.63, 3.8) is 0 Å². The highest BCUT2D eigenvalue weighted by atomic mass is 16.3. The smallest absolute Gasteiger partial charge is 0.269 e. The zero-order chi connectivity index (χ0) is 17.4. The molecule has 0 aliphatic heterocycles. The van der Waals surface area contributed by atoms with E-state index < -0.39 is 0 Å². The van der Waals surface area contributed by atoms with Gasteiger partial charge in [0.1, 0.15) is 12.3 Å². The third-order valence-corrected chi connectivity index (χ3v) is 4.65. The first-order valence-electron chi connectivity index (χ1n) is 8.44. The lowest BCUT2D eigenvalue weighted by atomic mass is 10.2. The molecule has 1 saturated carbocycles. The van der Waals surface area contributed by atoms with Crippen LogP contribution in [-0.2, 0) is 11.3 Å². The van der Waals surface area contributed by atoms with Crippen LogP contribution in [0.5, 0.6) is 0 Å². The average molecular weight is 337 g/mol. The molecule has 0 N–H and O–H groups in total. The summed E-state index contributed by atoms with van der Waals surface area (Å²) >= 11 is 0. The van der Waals surface area contributed by atoms with Crippen LogP contribution in [0.2, 0.25) is 0 Å². The molecular weight excluding hydrogens is 318 g/mol. The molecule has 0 bridgehead atoms. The van der Waals surface area contributed by atoms with Gasteiger partial charge < -0.3 is 9.32 Å². The summed E-state index contributed by atoms with van der Waals surface area (Å²) in [5.74, 6) is 0.678. The Morgan fingerprint density at radius 2 is 2.12 bits per heavy atom. The molecule has 1 aliphatic carbocycles. The molecule has 1 amide bonds. The maximum absolute atomic E-state index is 13.0. The molecule has 0 unspecified atom stereocenters. The first-order valence-corrected chi connectivity index (χ1v) is 8.44. The van der Waals surface area contributed by atoms with E-state index in [-0.39, 0.29) is 30.1 Å². The third-order valence-electron chi connectivity index (χ3n) is 4.65. The summed E-state index contributed by atoms with van der Waals surface area (Å²) in [5, 5.41) is 0. The Hall–Kier alpha value is -2.89. The highest BCUT2D eigenvalue weighted by Gasteiger charge is 2.37. The number of hydrogen-bond acceptors (Lipinski definition) is 4. The van der Waals surface area contributed by atoms with Gasteiger partial charge in [0, 0.05) is 6.04 Å². The Morgan fingerprint density at radius 1 is 1.32 bits per heavy atom. The fourth-order valence-corrected chi connectivity index (χ4v) is 3.25. The number of carbonyl (C=O) groups excluding carboxylic acids is 1. The van der Waals surface area contributed by atoms with E-state index in [0.717, 1.165) is 18.6 Å². The van der Waals surface area contributed by atoms with Gasteiger partial charge in [0.2, 0.25) is 5.91 Å². The largest absolute Gasteiger partial charge is 0.467 e. The van der Waals surface area contributed by atoms with Crippen LogP contribution in [0, 0.1) is 0 Å². The van der Waals surface area contributed by atoms with Crippen LogP contribution in [0.1, 0.15) is 31.6 Å². The van der Waals surface area contributed by atoms with E-state index in [9.17, 15) is 9.59 Å². The van der Waals surface area contributed by atoms with Gasteiger partial charge in [-0.05, 0) is 44.0 Å². The minimum Gasteiger partial charge on any atom is -0.467 e. The molecule has 6 heteroatoms. The van der Waals surface area contributed by atoms with Crippen LogP contribution in [-0.4, -0.2) is 26.4 Å². The molecule has 6 nitrogen and oxygen atoms in total. The van der Waals surface area contributed by atoms with Crippen molar-refractivity contribution in [3.8, 4) is 0 Å². The van der Waals surface area contributed by atoms with Crippen molar-refractivity contribution >= 4 is 16.9 Å². The molecular formula is C19H19N3O3. The van der Waals surface area contributed by atoms with Gasteiger partial charge in [-0.1, -0.05) is 12.1 Å². The molecule has 1 atom stereocenters. The predicted molar refractivity (Wildman–Crippen MR) is 93.0 cm³/mol. The van der Waals surface area contributed by atoms with Crippen LogP contribution in [0.25, 0.3) is 11.0 Å². The van der Waals surface area contributed by atoms with Crippen molar-refractivity contribution < 1.29 is 9.21 Å². The van der Waals surface area contributed by atoms with Crippen molar-refractivity contribution in [2.75, 3.05) is 0 Å². The fraction of sp³-hybridized carbons (Fsp3) is 0.316. The van der Waals surface area contributed by atoms with E-state index in [1.54, 1.807) is 6.26 Å². The Balaban J connectivity index is 1.67. The first-order chi connectivity index (χ1) is 12.1. The standard InChI is InChI=1S/C19H19N3O3/c1-13(17-7-4-10-25-17)22(14-8-9-14)19(24)12-21-16-6-3-2-5-15(16)20-11-18(21)23/h2-7,10-11,13-14H,8-9,12H2,1H3/t13-/m1/s1. The molecule has 4 rings (SSSR count). The van der Waals surface area contributed by atoms with Gasteiger partial charge in [0.15, 0.2) is 0 Å². The zero-order valence-electron chi connectivity index (χ0n) is 14.0. The SMILES string of the molecule is C[C@H](c1ccco1)N(C(=O)Cn1c(=O)cnc2ccccc21)C1CC1. The number of amides is 1. The normalized spacial score (nSPS) is 15.2. The first kappa shape index (κ1) is 15.6. The Morgan fingerprint density at radius 3 is 2.84 bits per heavy atom. The third kappa shape index (κ3) is 2.95. The Labute approximate surface area is 144 Å². The summed E-state index contributed by atoms with van der Waals surface area (Å²) in [6.45, 7) is 1.96. The van der Waals surface area contributed by atoms with Crippen LogP contribution in [0.3, 0.4) is 0 Å². The molecule has 2 heterocycles. The van der Waals surface area contributed by atoms with Crippen LogP contribution < -0.4 is 5.56 Å². The highest BCUT2D eigenvalue weighted by molar-refractivity contribution is 5.80. The quantitative estimate of drug-likeness (QED) is 0.718. The molecule has 128 valence electrons. The molecule has 2 aromatic heterocycles. The molecule has 1 fully saturated rings. The van der Waals surface area contributed by atoms with Gasteiger partial charge in [0.25, 0.3) is 5.56 Å². The van der Waals surface area contributed by atoms with Crippen molar-refractivity contribution in [1.82, 2.24) is 14.5 Å². The van der Waals surface area contributed by atoms with Crippen molar-refractivity contribution in [2.24, 2.45) is 0 Å². The van der Waals surface area contributed by atoms with E-state index >= 15 is 0 Å². The van der Waals surface area contributed by atoms with Crippen molar-refractivity contribution in [3.05, 3.63) is 65.0 Å². The van der Waals surface area contributed by atoms with Gasteiger partial charge >= 0.3 is 0 Å². The van der Waals surface area contributed by atoms with Gasteiger partial charge in [-0.3, -0.25) is 14.2 Å². The summed E-state index contributed by atoms with van der Waals surface area (Å²) in [6, 6.07) is 11.1. The maximum Gasteiger partial charge on any atom is 0.269 e. The van der Waals surface area contributed by atoms with Crippen molar-refractivity contribution in [2.45, 2.75) is 38.4 Å². The highest BCUT2D eigenvalue weighted by Crippen LogP contribution is 2.34. The van der Waals surface area contributed by atoms with E-state index in [1.807, 2.05) is 48.2 Å². The van der Waals surface area contributed by atoms with Gasteiger partial charge in [-0.2, -0.15) is 0 Å². The lowest BCUT2D eigenvalue weighted by molar-refractivity contribution is -0.135. The van der Waals surface area contributed by atoms with E-state index in [4.69, 9.17) is 4.42 Å². The van der Waals surface area contributed by atoms with Crippen molar-refractivity contribution in [1.29, 1.82) is 0 Å². The van der Waals surface area contributed by atoms with Crippen LogP contribution in [0.15, 0.2) is 58.1 Å². The molecule has 1 aliphatic rings. The molecule has 0 saturated heterocycles. The fourth-order valence-electron chi connectivity index (χ4n) is 3.25. The summed E-state index contributed by atoms with van der Waals surface area (Å²) in [6.07, 6.45) is 4.86. The zero-order valence-corrected chi connectivity index (χ0v) is 14.0. The maximum atomic E-state index is 13.0. The number of aromatic nitrogens is 2. The predicted octanol–water partition coefficient (Wildman–Crippen LogP) is 2.74. The van der Waals surface area contributed by atoms with E-state index in [2.05, 4.69) is 4.98 Å². The minimum atomic E-state index is -0.270. The monoisotopic (exact) mass is 337 g/mol. The number of fused-ring (bicyclic) bond motifs is 1. The molecule has 3 aromatic rings. The number of para-hydroxylation sites is 2. The van der Waals surface area contributed by atoms with E-state index in [0.29, 0.717) is 11.0 Å². The Bertz CT molecular complexity index is 957. The number of nitrogens with zero attached hydrogens (tertiary/aromatic N) is 3. The molecule has 25 heavy (non-hydrogen) atoms. The van der Waals surface area contributed by atoms with Gasteiger partial charge in [-0.25, -0.2) is 4.98 Å². The van der Waals surface area contributed by atoms with Gasteiger partial charge in [-0.15, -0.1) is 0 Å². The molecule has 0 radical (unpaired) electrons. The van der Waals surface area contributed by atoms with Gasteiger partial charge in [0.05, 0.1) is 29.5 Å². The summed E-state index contributed by atoms with van der Waals surface area (Å²) in [7, 11) is 0. The summed E-state index contributed by atoms with van der Waals surface area (Å²) in [5.41, 5.74) is 1.10. The minimum absolute atomic E-state index is 0.00339. The summed E-state index contributed by atoms with van der Waals surface area (Å²) < 4.78 is 6.97. The Kier molecular flexibility index (Phi) is 3.87. The lowest BCUT2D eigenvalue weighted by Gasteiger charge is -2.28. The molecule has 0 spiro atoms. The average Bonchev–Trinajstić information content (AvgIpc) is 3.29. The second kappa shape index (κ2) is 6.20. The number of benzene rings is 1. The number of carbonyl (C=O) groups is 1. The van der Waals surface area contributed by atoms with Crippen LogP contribution >= 0.6 is 0 Å². The van der Waals surface area contributed by atoms with Crippen LogP contribution in [0.4, 0.5) is 0 Å². The summed E-state index contributed by atoms with van der Waals surface area (Å²) in [4.78, 5) is 31.3. The number of furan rings is 1. The number of rotatable bonds is 5. The second-order valence-electron chi connectivity index (χ2n) is 6.39. The van der Waals surface area contributed by atoms with E-state index in [1.165, 1.54) is 10.8 Å². The second-order valence-corrected chi connectivity index (χ2v) is 6.39.